The van der Waals surface area contributed by atoms with E-state index in [9.17, 15) is 14.4 Å². The molecule has 9 heteroatoms. The summed E-state index contributed by atoms with van der Waals surface area (Å²) in [6.45, 7) is 3.73. The van der Waals surface area contributed by atoms with Gasteiger partial charge in [-0.05, 0) is 49.6 Å². The highest BCUT2D eigenvalue weighted by Gasteiger charge is 2.30. The van der Waals surface area contributed by atoms with Gasteiger partial charge in [0.15, 0.2) is 0 Å². The molecule has 1 aliphatic heterocycles. The van der Waals surface area contributed by atoms with Crippen molar-refractivity contribution >= 4 is 51.5 Å². The molecule has 1 aromatic heterocycles. The van der Waals surface area contributed by atoms with Crippen molar-refractivity contribution in [1.29, 1.82) is 0 Å². The van der Waals surface area contributed by atoms with Crippen molar-refractivity contribution in [3.8, 4) is 0 Å². The molecule has 4 amide bonds. The Labute approximate surface area is 184 Å². The molecular formula is C21H23ClN4O3S. The van der Waals surface area contributed by atoms with Gasteiger partial charge in [0.05, 0.1) is 9.88 Å². The predicted molar refractivity (Wildman–Crippen MR) is 118 cm³/mol. The average Bonchev–Trinajstić information content (AvgIpc) is 3.50. The maximum atomic E-state index is 12.8. The number of benzene rings is 1. The molecule has 2 fully saturated rings. The second kappa shape index (κ2) is 8.65. The molecule has 0 spiro atoms. The number of carbonyl (C=O) groups excluding carboxylic acids is 3. The van der Waals surface area contributed by atoms with Gasteiger partial charge in [-0.15, -0.1) is 11.3 Å². The number of nitrogens with zero attached hydrogens (tertiary/aromatic N) is 2. The first-order chi connectivity index (χ1) is 14.4. The third-order valence-corrected chi connectivity index (χ3v) is 6.68. The summed E-state index contributed by atoms with van der Waals surface area (Å²) in [5.74, 6) is 0.0871. The molecule has 2 N–H and O–H groups in total. The van der Waals surface area contributed by atoms with Gasteiger partial charge in [0.2, 0.25) is 5.91 Å². The lowest BCUT2D eigenvalue weighted by Gasteiger charge is -2.34. The molecule has 0 unspecified atom stereocenters. The maximum absolute atomic E-state index is 12.8. The van der Waals surface area contributed by atoms with E-state index in [2.05, 4.69) is 10.6 Å². The number of hydrogen-bond acceptors (Lipinski definition) is 4. The molecule has 0 radical (unpaired) electrons. The smallest absolute Gasteiger partial charge is 0.321 e. The topological polar surface area (TPSA) is 81.8 Å². The van der Waals surface area contributed by atoms with Crippen molar-refractivity contribution in [2.45, 2.75) is 19.8 Å². The molecule has 30 heavy (non-hydrogen) atoms. The van der Waals surface area contributed by atoms with Gasteiger partial charge in [-0.2, -0.15) is 0 Å². The van der Waals surface area contributed by atoms with Crippen molar-refractivity contribution < 1.29 is 14.4 Å². The molecule has 1 saturated carbocycles. The number of amides is 4. The second-order valence-electron chi connectivity index (χ2n) is 7.60. The summed E-state index contributed by atoms with van der Waals surface area (Å²) in [6.07, 6.45) is 1.88. The van der Waals surface area contributed by atoms with Crippen LogP contribution >= 0.6 is 22.9 Å². The van der Waals surface area contributed by atoms with Gasteiger partial charge in [0.25, 0.3) is 5.91 Å². The monoisotopic (exact) mass is 446 g/mol. The zero-order valence-electron chi connectivity index (χ0n) is 16.6. The van der Waals surface area contributed by atoms with E-state index in [1.165, 1.54) is 11.3 Å². The van der Waals surface area contributed by atoms with Gasteiger partial charge >= 0.3 is 6.03 Å². The first-order valence-electron chi connectivity index (χ1n) is 9.93. The van der Waals surface area contributed by atoms with E-state index in [4.69, 9.17) is 11.6 Å². The average molecular weight is 447 g/mol. The maximum Gasteiger partial charge on any atom is 0.321 e. The largest absolute Gasteiger partial charge is 0.334 e. The Bertz CT molecular complexity index is 980. The van der Waals surface area contributed by atoms with Crippen molar-refractivity contribution in [2.75, 3.05) is 36.8 Å². The summed E-state index contributed by atoms with van der Waals surface area (Å²) < 4.78 is 0. The number of thiophene rings is 1. The third-order valence-electron chi connectivity index (χ3n) is 5.29. The van der Waals surface area contributed by atoms with E-state index in [0.717, 1.165) is 18.4 Å². The molecule has 1 aromatic carbocycles. The van der Waals surface area contributed by atoms with Crippen LogP contribution in [0.5, 0.6) is 0 Å². The van der Waals surface area contributed by atoms with Crippen LogP contribution in [0.3, 0.4) is 0 Å². The van der Waals surface area contributed by atoms with Crippen LogP contribution in [0.1, 0.15) is 28.1 Å². The lowest BCUT2D eigenvalue weighted by Crippen LogP contribution is -2.51. The molecule has 158 valence electrons. The Hall–Kier alpha value is -2.58. The number of halogens is 1. The highest BCUT2D eigenvalue weighted by atomic mass is 35.5. The van der Waals surface area contributed by atoms with Gasteiger partial charge in [-0.25, -0.2) is 4.79 Å². The molecule has 0 atom stereocenters. The molecule has 1 saturated heterocycles. The van der Waals surface area contributed by atoms with Crippen LogP contribution in [-0.2, 0) is 4.79 Å². The normalized spacial score (nSPS) is 16.3. The van der Waals surface area contributed by atoms with Crippen molar-refractivity contribution in [3.05, 3.63) is 45.8 Å². The first-order valence-corrected chi connectivity index (χ1v) is 11.1. The van der Waals surface area contributed by atoms with Crippen molar-refractivity contribution in [3.63, 3.8) is 0 Å². The number of carbonyl (C=O) groups is 3. The van der Waals surface area contributed by atoms with Crippen LogP contribution < -0.4 is 10.6 Å². The van der Waals surface area contributed by atoms with Crippen molar-refractivity contribution in [2.24, 2.45) is 5.92 Å². The lowest BCUT2D eigenvalue weighted by atomic mass is 10.2. The summed E-state index contributed by atoms with van der Waals surface area (Å²) in [6, 6.07) is 8.71. The number of urea groups is 1. The highest BCUT2D eigenvalue weighted by molar-refractivity contribution is 7.18. The molecule has 2 aromatic rings. The minimum atomic E-state index is -0.205. The van der Waals surface area contributed by atoms with Gasteiger partial charge in [-0.1, -0.05) is 17.7 Å². The van der Waals surface area contributed by atoms with Crippen LogP contribution in [0.2, 0.25) is 5.02 Å². The predicted octanol–water partition coefficient (Wildman–Crippen LogP) is 4.05. The molecule has 1 aliphatic carbocycles. The van der Waals surface area contributed by atoms with E-state index >= 15 is 0 Å². The fraction of sp³-hybridized carbons (Fsp3) is 0.381. The Balaban J connectivity index is 1.28. The second-order valence-corrected chi connectivity index (χ2v) is 9.09. The van der Waals surface area contributed by atoms with E-state index in [1.54, 1.807) is 28.0 Å². The zero-order valence-corrected chi connectivity index (χ0v) is 18.2. The number of nitrogens with one attached hydrogen (secondary N) is 2. The lowest BCUT2D eigenvalue weighted by molar-refractivity contribution is -0.117. The van der Waals surface area contributed by atoms with Gasteiger partial charge in [-0.3, -0.25) is 9.59 Å². The first kappa shape index (κ1) is 20.7. The summed E-state index contributed by atoms with van der Waals surface area (Å²) >= 11 is 7.40. The number of rotatable bonds is 4. The quantitative estimate of drug-likeness (QED) is 0.743. The van der Waals surface area contributed by atoms with E-state index in [-0.39, 0.29) is 23.8 Å². The summed E-state index contributed by atoms with van der Waals surface area (Å²) in [5.41, 5.74) is 1.60. The van der Waals surface area contributed by atoms with E-state index in [1.807, 2.05) is 19.1 Å². The van der Waals surface area contributed by atoms with E-state index in [0.29, 0.717) is 46.8 Å². The van der Waals surface area contributed by atoms with Crippen LogP contribution in [0, 0.1) is 12.8 Å². The molecule has 4 rings (SSSR count). The van der Waals surface area contributed by atoms with Gasteiger partial charge < -0.3 is 20.4 Å². The fourth-order valence-corrected chi connectivity index (χ4v) is 4.29. The summed E-state index contributed by atoms with van der Waals surface area (Å²) in [4.78, 5) is 41.2. The van der Waals surface area contributed by atoms with E-state index < -0.39 is 0 Å². The zero-order chi connectivity index (χ0) is 21.3. The molecular weight excluding hydrogens is 424 g/mol. The third kappa shape index (κ3) is 4.76. The Morgan fingerprint density at radius 1 is 1.00 bits per heavy atom. The van der Waals surface area contributed by atoms with Crippen LogP contribution in [0.15, 0.2) is 30.3 Å². The minimum absolute atomic E-state index is 0.0327. The molecule has 7 nitrogen and oxygen atoms in total. The SMILES string of the molecule is Cc1ccc(NC(=O)N2CCN(C(=O)c3ccc(NC(=O)C4CC4)s3)CC2)cc1Cl. The number of aryl methyl sites for hydroxylation is 1. The summed E-state index contributed by atoms with van der Waals surface area (Å²) in [5, 5.41) is 7.03. The van der Waals surface area contributed by atoms with Crippen LogP contribution in [0.25, 0.3) is 0 Å². The summed E-state index contributed by atoms with van der Waals surface area (Å²) in [7, 11) is 0. The number of anilines is 2. The van der Waals surface area contributed by atoms with Crippen molar-refractivity contribution in [1.82, 2.24) is 9.80 Å². The fourth-order valence-electron chi connectivity index (χ4n) is 3.23. The standard InChI is InChI=1S/C21H23ClN4O3S/c1-13-2-5-15(12-16(13)22)23-21(29)26-10-8-25(9-11-26)20(28)17-6-7-18(30-17)24-19(27)14-3-4-14/h2,5-7,12,14H,3-4,8-11H2,1H3,(H,23,29)(H,24,27). The Morgan fingerprint density at radius 2 is 1.70 bits per heavy atom. The Kier molecular flexibility index (Phi) is 5.97. The van der Waals surface area contributed by atoms with Gasteiger partial charge in [0, 0.05) is 42.8 Å². The van der Waals surface area contributed by atoms with Gasteiger partial charge in [0.1, 0.15) is 0 Å². The van der Waals surface area contributed by atoms with Crippen LogP contribution in [-0.4, -0.2) is 53.8 Å². The number of piperazine rings is 1. The molecule has 2 heterocycles. The Morgan fingerprint density at radius 3 is 2.37 bits per heavy atom. The highest BCUT2D eigenvalue weighted by Crippen LogP contribution is 2.32. The number of hydrogen-bond donors (Lipinski definition) is 2. The molecule has 2 aliphatic rings. The van der Waals surface area contributed by atoms with Crippen LogP contribution in [0.4, 0.5) is 15.5 Å². The minimum Gasteiger partial charge on any atom is -0.334 e. The molecule has 0 bridgehead atoms.